The van der Waals surface area contributed by atoms with Crippen molar-refractivity contribution in [2.45, 2.75) is 53.1 Å². The van der Waals surface area contributed by atoms with Crippen LogP contribution < -0.4 is 5.32 Å². The molecule has 1 aromatic carbocycles. The third-order valence-electron chi connectivity index (χ3n) is 6.36. The number of carbonyl (C=O) groups excluding carboxylic acids is 1. The molecule has 6 nitrogen and oxygen atoms in total. The summed E-state index contributed by atoms with van der Waals surface area (Å²) in [5.41, 5.74) is 3.58. The van der Waals surface area contributed by atoms with Crippen molar-refractivity contribution in [3.8, 4) is 0 Å². The highest BCUT2D eigenvalue weighted by Gasteiger charge is 2.28. The quantitative estimate of drug-likeness (QED) is 0.686. The molecule has 1 atom stereocenters. The van der Waals surface area contributed by atoms with Gasteiger partial charge in [0.2, 0.25) is 0 Å². The second-order valence-corrected chi connectivity index (χ2v) is 8.19. The van der Waals surface area contributed by atoms with E-state index in [4.69, 9.17) is 4.74 Å². The van der Waals surface area contributed by atoms with Crippen molar-refractivity contribution in [1.82, 2.24) is 20.0 Å². The second kappa shape index (κ2) is 10.7. The normalized spacial score (nSPS) is 16.0. The SMILES string of the molecule is CCC(CC)C(CNC(=O)c1c(C)nn(Cc2ccccc2)c1C)N1CCOCC1. The summed E-state index contributed by atoms with van der Waals surface area (Å²) in [6, 6.07) is 10.6. The van der Waals surface area contributed by atoms with E-state index in [1.807, 2.05) is 36.7 Å². The molecule has 30 heavy (non-hydrogen) atoms. The van der Waals surface area contributed by atoms with E-state index in [9.17, 15) is 4.79 Å². The molecule has 0 radical (unpaired) electrons. The van der Waals surface area contributed by atoms with Gasteiger partial charge in [-0.3, -0.25) is 14.4 Å². The van der Waals surface area contributed by atoms with E-state index >= 15 is 0 Å². The smallest absolute Gasteiger partial charge is 0.255 e. The molecule has 0 spiro atoms. The van der Waals surface area contributed by atoms with Crippen molar-refractivity contribution < 1.29 is 9.53 Å². The average molecular weight is 413 g/mol. The fraction of sp³-hybridized carbons (Fsp3) is 0.583. The minimum Gasteiger partial charge on any atom is -0.379 e. The first-order valence-electron chi connectivity index (χ1n) is 11.2. The molecule has 2 aromatic rings. The van der Waals surface area contributed by atoms with Crippen molar-refractivity contribution in [3.05, 3.63) is 52.8 Å². The number of nitrogens with zero attached hydrogens (tertiary/aromatic N) is 3. The summed E-state index contributed by atoms with van der Waals surface area (Å²) in [5.74, 6) is 0.542. The zero-order chi connectivity index (χ0) is 21.5. The predicted octanol–water partition coefficient (Wildman–Crippen LogP) is 3.42. The number of nitrogens with one attached hydrogen (secondary N) is 1. The van der Waals surface area contributed by atoms with E-state index in [2.05, 4.69) is 41.3 Å². The largest absolute Gasteiger partial charge is 0.379 e. The molecule has 1 aromatic heterocycles. The Hall–Kier alpha value is -2.18. The minimum absolute atomic E-state index is 0.0199. The standard InChI is InChI=1S/C24H36N4O2/c1-5-21(6-2)22(27-12-14-30-15-13-27)16-25-24(29)23-18(3)26-28(19(23)4)17-20-10-8-7-9-11-20/h7-11,21-22H,5-6,12-17H2,1-4H3,(H,25,29). The van der Waals surface area contributed by atoms with Crippen LogP contribution in [0, 0.1) is 19.8 Å². The summed E-state index contributed by atoms with van der Waals surface area (Å²) in [4.78, 5) is 15.6. The molecular weight excluding hydrogens is 376 g/mol. The maximum Gasteiger partial charge on any atom is 0.255 e. The van der Waals surface area contributed by atoms with Crippen LogP contribution in [0.2, 0.25) is 0 Å². The maximum atomic E-state index is 13.1. The Bertz CT molecular complexity index is 808. The monoisotopic (exact) mass is 412 g/mol. The number of aryl methyl sites for hydroxylation is 1. The van der Waals surface area contributed by atoms with Crippen molar-refractivity contribution in [2.24, 2.45) is 5.92 Å². The number of amides is 1. The first kappa shape index (κ1) is 22.5. The summed E-state index contributed by atoms with van der Waals surface area (Å²) >= 11 is 0. The Morgan fingerprint density at radius 2 is 1.80 bits per heavy atom. The molecule has 1 aliphatic heterocycles. The lowest BCUT2D eigenvalue weighted by Crippen LogP contribution is -2.52. The van der Waals surface area contributed by atoms with Gasteiger partial charge in [0.15, 0.2) is 0 Å². The number of ether oxygens (including phenoxy) is 1. The summed E-state index contributed by atoms with van der Waals surface area (Å²) in [5, 5.41) is 7.87. The van der Waals surface area contributed by atoms with Gasteiger partial charge in [0.05, 0.1) is 31.0 Å². The maximum absolute atomic E-state index is 13.1. The van der Waals surface area contributed by atoms with Crippen LogP contribution >= 0.6 is 0 Å². The van der Waals surface area contributed by atoms with Crippen LogP contribution in [-0.2, 0) is 11.3 Å². The van der Waals surface area contributed by atoms with E-state index in [0.717, 1.165) is 50.5 Å². The molecule has 0 saturated carbocycles. The zero-order valence-corrected chi connectivity index (χ0v) is 18.9. The first-order chi connectivity index (χ1) is 14.5. The van der Waals surface area contributed by atoms with E-state index in [1.54, 1.807) is 0 Å². The molecule has 164 valence electrons. The van der Waals surface area contributed by atoms with Gasteiger partial charge in [0.25, 0.3) is 5.91 Å². The van der Waals surface area contributed by atoms with Crippen LogP contribution in [0.3, 0.4) is 0 Å². The van der Waals surface area contributed by atoms with Gasteiger partial charge >= 0.3 is 0 Å². The third-order valence-corrected chi connectivity index (χ3v) is 6.36. The number of benzene rings is 1. The summed E-state index contributed by atoms with van der Waals surface area (Å²) < 4.78 is 7.47. The van der Waals surface area contributed by atoms with Crippen LogP contribution in [0.15, 0.2) is 30.3 Å². The fourth-order valence-corrected chi connectivity index (χ4v) is 4.56. The van der Waals surface area contributed by atoms with Crippen molar-refractivity contribution in [2.75, 3.05) is 32.8 Å². The van der Waals surface area contributed by atoms with Gasteiger partial charge in [0.1, 0.15) is 0 Å². The van der Waals surface area contributed by atoms with Gasteiger partial charge in [-0.2, -0.15) is 5.10 Å². The second-order valence-electron chi connectivity index (χ2n) is 8.19. The molecule has 1 aliphatic rings. The average Bonchev–Trinajstić information content (AvgIpc) is 3.05. The van der Waals surface area contributed by atoms with Crippen LogP contribution in [0.1, 0.15) is 54.0 Å². The molecule has 3 rings (SSSR count). The van der Waals surface area contributed by atoms with E-state index in [0.29, 0.717) is 30.6 Å². The number of carbonyl (C=O) groups is 1. The lowest BCUT2D eigenvalue weighted by molar-refractivity contribution is 0.00191. The number of aromatic nitrogens is 2. The van der Waals surface area contributed by atoms with Crippen LogP contribution in [0.4, 0.5) is 0 Å². The number of hydrogen-bond acceptors (Lipinski definition) is 4. The van der Waals surface area contributed by atoms with Gasteiger partial charge in [-0.1, -0.05) is 57.0 Å². The van der Waals surface area contributed by atoms with E-state index < -0.39 is 0 Å². The van der Waals surface area contributed by atoms with Gasteiger partial charge in [0, 0.05) is 31.4 Å². The topological polar surface area (TPSA) is 59.4 Å². The number of rotatable bonds is 9. The Balaban J connectivity index is 1.71. The highest BCUT2D eigenvalue weighted by Crippen LogP contribution is 2.20. The third kappa shape index (κ3) is 5.29. The lowest BCUT2D eigenvalue weighted by atomic mass is 9.92. The van der Waals surface area contributed by atoms with E-state index in [1.165, 1.54) is 5.56 Å². The Morgan fingerprint density at radius 3 is 2.43 bits per heavy atom. The molecule has 1 N–H and O–H groups in total. The molecule has 0 bridgehead atoms. The molecular formula is C24H36N4O2. The molecule has 2 heterocycles. The van der Waals surface area contributed by atoms with Crippen LogP contribution in [0.5, 0.6) is 0 Å². The van der Waals surface area contributed by atoms with Gasteiger partial charge in [-0.05, 0) is 25.3 Å². The predicted molar refractivity (Wildman–Crippen MR) is 120 cm³/mol. The highest BCUT2D eigenvalue weighted by atomic mass is 16.5. The first-order valence-corrected chi connectivity index (χ1v) is 11.2. The molecule has 1 fully saturated rings. The lowest BCUT2D eigenvalue weighted by Gasteiger charge is -2.38. The van der Waals surface area contributed by atoms with Crippen molar-refractivity contribution in [1.29, 1.82) is 0 Å². The number of morpholine rings is 1. The Kier molecular flexibility index (Phi) is 8.05. The van der Waals surface area contributed by atoms with Gasteiger partial charge in [-0.25, -0.2) is 0 Å². The molecule has 1 amide bonds. The molecule has 0 aliphatic carbocycles. The summed E-state index contributed by atoms with van der Waals surface area (Å²) in [6.45, 7) is 13.1. The highest BCUT2D eigenvalue weighted by molar-refractivity contribution is 5.96. The summed E-state index contributed by atoms with van der Waals surface area (Å²) in [6.07, 6.45) is 2.23. The van der Waals surface area contributed by atoms with Crippen molar-refractivity contribution in [3.63, 3.8) is 0 Å². The minimum atomic E-state index is -0.0199. The van der Waals surface area contributed by atoms with Crippen LogP contribution in [-0.4, -0.2) is 59.5 Å². The molecule has 1 unspecified atom stereocenters. The Labute approximate surface area is 180 Å². The fourth-order valence-electron chi connectivity index (χ4n) is 4.56. The zero-order valence-electron chi connectivity index (χ0n) is 18.9. The molecule has 6 heteroatoms. The van der Waals surface area contributed by atoms with Crippen molar-refractivity contribution >= 4 is 5.91 Å². The number of hydrogen-bond donors (Lipinski definition) is 1. The van der Waals surface area contributed by atoms with Gasteiger partial charge < -0.3 is 10.1 Å². The van der Waals surface area contributed by atoms with E-state index in [-0.39, 0.29) is 5.91 Å². The Morgan fingerprint density at radius 1 is 1.13 bits per heavy atom. The summed E-state index contributed by atoms with van der Waals surface area (Å²) in [7, 11) is 0. The molecule has 1 saturated heterocycles. The van der Waals surface area contributed by atoms with Crippen LogP contribution in [0.25, 0.3) is 0 Å². The van der Waals surface area contributed by atoms with Gasteiger partial charge in [-0.15, -0.1) is 0 Å².